The zero-order valence-electron chi connectivity index (χ0n) is 19.3. The van der Waals surface area contributed by atoms with Gasteiger partial charge in [-0.1, -0.05) is 68.4 Å². The van der Waals surface area contributed by atoms with Gasteiger partial charge >= 0.3 is 0 Å². The van der Waals surface area contributed by atoms with Crippen LogP contribution in [0.2, 0.25) is 5.02 Å². The highest BCUT2D eigenvalue weighted by Crippen LogP contribution is 2.30. The van der Waals surface area contributed by atoms with Crippen LogP contribution in [-0.4, -0.2) is 26.4 Å². The number of nitrogens with one attached hydrogen (secondary N) is 1. The van der Waals surface area contributed by atoms with E-state index in [9.17, 15) is 13.6 Å². The molecule has 1 heterocycles. The molecule has 0 aliphatic rings. The monoisotopic (exact) mass is 512 g/mol. The zero-order valence-corrected chi connectivity index (χ0v) is 20.9. The molecule has 1 amide bonds. The molecule has 1 aromatic heterocycles. The van der Waals surface area contributed by atoms with E-state index in [-0.39, 0.29) is 22.8 Å². The molecule has 4 aromatic rings. The normalized spacial score (nSPS) is 11.5. The van der Waals surface area contributed by atoms with Gasteiger partial charge in [-0.25, -0.2) is 8.78 Å². The minimum Gasteiger partial charge on any atom is -0.325 e. The van der Waals surface area contributed by atoms with Crippen molar-refractivity contribution in [1.29, 1.82) is 0 Å². The van der Waals surface area contributed by atoms with E-state index in [1.807, 2.05) is 28.8 Å². The van der Waals surface area contributed by atoms with Crippen LogP contribution in [0.1, 0.15) is 26.3 Å². The summed E-state index contributed by atoms with van der Waals surface area (Å²) in [6, 6.07) is 18.6. The van der Waals surface area contributed by atoms with Crippen molar-refractivity contribution in [2.75, 3.05) is 11.1 Å². The van der Waals surface area contributed by atoms with Crippen LogP contribution in [0.4, 0.5) is 14.5 Å². The van der Waals surface area contributed by atoms with Crippen molar-refractivity contribution >= 4 is 35.0 Å². The van der Waals surface area contributed by atoms with E-state index in [1.54, 1.807) is 12.1 Å². The predicted octanol–water partition coefficient (Wildman–Crippen LogP) is 6.89. The molecular weight excluding hydrogens is 490 g/mol. The molecule has 0 fully saturated rings. The van der Waals surface area contributed by atoms with Gasteiger partial charge in [0, 0.05) is 28.0 Å². The Kier molecular flexibility index (Phi) is 7.23. The van der Waals surface area contributed by atoms with Crippen LogP contribution in [0.3, 0.4) is 0 Å². The number of aromatic nitrogens is 3. The highest BCUT2D eigenvalue weighted by molar-refractivity contribution is 7.99. The molecule has 0 aliphatic carbocycles. The quantitative estimate of drug-likeness (QED) is 0.286. The van der Waals surface area contributed by atoms with E-state index in [0.29, 0.717) is 16.0 Å². The molecule has 1 N–H and O–H groups in total. The van der Waals surface area contributed by atoms with Gasteiger partial charge in [-0.15, -0.1) is 10.2 Å². The van der Waals surface area contributed by atoms with Crippen LogP contribution in [0, 0.1) is 11.6 Å². The first-order valence-corrected chi connectivity index (χ1v) is 12.2. The molecule has 9 heteroatoms. The smallest absolute Gasteiger partial charge is 0.234 e. The third-order valence-electron chi connectivity index (χ3n) is 5.26. The van der Waals surface area contributed by atoms with E-state index in [0.717, 1.165) is 23.4 Å². The van der Waals surface area contributed by atoms with Gasteiger partial charge in [-0.2, -0.15) is 0 Å². The lowest BCUT2D eigenvalue weighted by molar-refractivity contribution is -0.113. The van der Waals surface area contributed by atoms with Crippen molar-refractivity contribution in [2.24, 2.45) is 0 Å². The standard InChI is InChI=1S/C26H23ClF2N4OS/c1-26(2,3)17-6-4-16(5-7-17)24-31-32-25(33(24)20-11-8-18(27)9-12-20)35-15-23(34)30-19-10-13-21(28)22(29)14-19/h4-14H,15H2,1-3H3,(H,30,34). The van der Waals surface area contributed by atoms with Crippen LogP contribution >= 0.6 is 23.4 Å². The lowest BCUT2D eigenvalue weighted by Gasteiger charge is -2.19. The van der Waals surface area contributed by atoms with Gasteiger partial charge in [-0.05, 0) is 47.4 Å². The van der Waals surface area contributed by atoms with Gasteiger partial charge < -0.3 is 5.32 Å². The maximum absolute atomic E-state index is 13.4. The number of amides is 1. The summed E-state index contributed by atoms with van der Waals surface area (Å²) in [5, 5.41) is 12.4. The minimum absolute atomic E-state index is 0.00627. The number of hydrogen-bond donors (Lipinski definition) is 1. The van der Waals surface area contributed by atoms with Crippen LogP contribution in [0.25, 0.3) is 17.1 Å². The zero-order chi connectivity index (χ0) is 25.2. The summed E-state index contributed by atoms with van der Waals surface area (Å²) in [5.41, 5.74) is 3.05. The summed E-state index contributed by atoms with van der Waals surface area (Å²) in [6.07, 6.45) is 0. The van der Waals surface area contributed by atoms with Crippen molar-refractivity contribution in [3.05, 3.63) is 89.0 Å². The van der Waals surface area contributed by atoms with Gasteiger partial charge in [0.2, 0.25) is 5.91 Å². The summed E-state index contributed by atoms with van der Waals surface area (Å²) in [7, 11) is 0. The lowest BCUT2D eigenvalue weighted by Crippen LogP contribution is -2.15. The SMILES string of the molecule is CC(C)(C)c1ccc(-c2nnc(SCC(=O)Nc3ccc(F)c(F)c3)n2-c2ccc(Cl)cc2)cc1. The average molecular weight is 513 g/mol. The third kappa shape index (κ3) is 5.89. The number of rotatable bonds is 6. The van der Waals surface area contributed by atoms with Crippen molar-refractivity contribution in [3.63, 3.8) is 0 Å². The van der Waals surface area contributed by atoms with E-state index in [4.69, 9.17) is 11.6 Å². The lowest BCUT2D eigenvalue weighted by atomic mass is 9.87. The summed E-state index contributed by atoms with van der Waals surface area (Å²) in [4.78, 5) is 12.5. The number of thioether (sulfide) groups is 1. The summed E-state index contributed by atoms with van der Waals surface area (Å²) in [6.45, 7) is 6.45. The second-order valence-corrected chi connectivity index (χ2v) is 10.3. The summed E-state index contributed by atoms with van der Waals surface area (Å²) in [5.74, 6) is -1.77. The molecule has 0 saturated carbocycles. The molecular formula is C26H23ClF2N4OS. The highest BCUT2D eigenvalue weighted by atomic mass is 35.5. The highest BCUT2D eigenvalue weighted by Gasteiger charge is 2.19. The molecule has 0 radical (unpaired) electrons. The Hall–Kier alpha value is -3.23. The average Bonchev–Trinajstić information content (AvgIpc) is 3.24. The van der Waals surface area contributed by atoms with Crippen LogP contribution in [-0.2, 0) is 10.2 Å². The molecule has 3 aromatic carbocycles. The number of nitrogens with zero attached hydrogens (tertiary/aromatic N) is 3. The first-order chi connectivity index (χ1) is 16.6. The Morgan fingerprint density at radius 2 is 1.66 bits per heavy atom. The Morgan fingerprint density at radius 1 is 0.971 bits per heavy atom. The molecule has 35 heavy (non-hydrogen) atoms. The fourth-order valence-corrected chi connectivity index (χ4v) is 4.27. The summed E-state index contributed by atoms with van der Waals surface area (Å²) >= 11 is 7.26. The number of carbonyl (C=O) groups excluding carboxylic acids is 1. The van der Waals surface area contributed by atoms with Crippen LogP contribution in [0.15, 0.2) is 71.9 Å². The van der Waals surface area contributed by atoms with Crippen LogP contribution in [0.5, 0.6) is 0 Å². The third-order valence-corrected chi connectivity index (χ3v) is 6.44. The second-order valence-electron chi connectivity index (χ2n) is 8.91. The number of hydrogen-bond acceptors (Lipinski definition) is 4. The molecule has 180 valence electrons. The fraction of sp³-hybridized carbons (Fsp3) is 0.192. The Bertz CT molecular complexity index is 1350. The van der Waals surface area contributed by atoms with Crippen molar-refractivity contribution in [3.8, 4) is 17.1 Å². The molecule has 0 unspecified atom stereocenters. The largest absolute Gasteiger partial charge is 0.325 e. The van der Waals surface area contributed by atoms with Gasteiger partial charge in [-0.3, -0.25) is 9.36 Å². The van der Waals surface area contributed by atoms with E-state index in [2.05, 4.69) is 48.4 Å². The predicted molar refractivity (Wildman–Crippen MR) is 136 cm³/mol. The van der Waals surface area contributed by atoms with Crippen molar-refractivity contribution < 1.29 is 13.6 Å². The Labute approximate surface area is 211 Å². The van der Waals surface area contributed by atoms with Gasteiger partial charge in [0.15, 0.2) is 22.6 Å². The van der Waals surface area contributed by atoms with Crippen LogP contribution < -0.4 is 5.32 Å². The van der Waals surface area contributed by atoms with Crippen molar-refractivity contribution in [2.45, 2.75) is 31.3 Å². The number of carbonyl (C=O) groups is 1. The maximum atomic E-state index is 13.4. The van der Waals surface area contributed by atoms with Gasteiger partial charge in [0.1, 0.15) is 0 Å². The number of benzene rings is 3. The molecule has 0 saturated heterocycles. The molecule has 5 nitrogen and oxygen atoms in total. The molecule has 4 rings (SSSR count). The minimum atomic E-state index is -1.03. The van der Waals surface area contributed by atoms with Crippen molar-refractivity contribution in [1.82, 2.24) is 14.8 Å². The van der Waals surface area contributed by atoms with E-state index >= 15 is 0 Å². The molecule has 0 atom stereocenters. The van der Waals surface area contributed by atoms with Gasteiger partial charge in [0.25, 0.3) is 0 Å². The fourth-order valence-electron chi connectivity index (χ4n) is 3.39. The Morgan fingerprint density at radius 3 is 2.29 bits per heavy atom. The second kappa shape index (κ2) is 10.2. The Balaban J connectivity index is 1.60. The number of halogens is 3. The summed E-state index contributed by atoms with van der Waals surface area (Å²) < 4.78 is 28.4. The number of anilines is 1. The topological polar surface area (TPSA) is 59.8 Å². The maximum Gasteiger partial charge on any atom is 0.234 e. The first-order valence-electron chi connectivity index (χ1n) is 10.8. The van der Waals surface area contributed by atoms with Gasteiger partial charge in [0.05, 0.1) is 5.75 Å². The molecule has 0 aliphatic heterocycles. The van der Waals surface area contributed by atoms with E-state index < -0.39 is 11.6 Å². The molecule has 0 spiro atoms. The molecule has 0 bridgehead atoms. The first kappa shape index (κ1) is 24.9. The van der Waals surface area contributed by atoms with E-state index in [1.165, 1.54) is 23.4 Å².